The Bertz CT molecular complexity index is 1740. The Morgan fingerprint density at radius 1 is 1.07 bits per heavy atom. The number of nitrogens with zero attached hydrogens (tertiary/aromatic N) is 2. The van der Waals surface area contributed by atoms with Crippen LogP contribution in [0.2, 0.25) is 0 Å². The van der Waals surface area contributed by atoms with Gasteiger partial charge in [-0.25, -0.2) is 14.2 Å². The highest BCUT2D eigenvalue weighted by Gasteiger charge is 2.33. The first-order valence-corrected chi connectivity index (χ1v) is 14.5. The van der Waals surface area contributed by atoms with E-state index in [0.717, 1.165) is 16.0 Å². The second-order valence-electron chi connectivity index (χ2n) is 8.87. The second-order valence-corrected chi connectivity index (χ2v) is 10.9. The van der Waals surface area contributed by atoms with Crippen molar-refractivity contribution in [2.24, 2.45) is 4.99 Å². The topological polar surface area (TPSA) is 79.1 Å². The summed E-state index contributed by atoms with van der Waals surface area (Å²) in [6.45, 7) is 6.30. The first-order valence-electron chi connectivity index (χ1n) is 12.8. The SMILES string of the molecule is CCOC(=O)C1=C(C)N=c2s/c(=C\c3ccc(OCc4ccc(F)cc4)c(OCC)c3)c(=O)n2[C@@H]1c1cccs1. The van der Waals surface area contributed by atoms with Crippen LogP contribution in [0, 0.1) is 5.82 Å². The summed E-state index contributed by atoms with van der Waals surface area (Å²) in [6.07, 6.45) is 1.78. The number of allylic oxidation sites excluding steroid dienone is 1. The summed E-state index contributed by atoms with van der Waals surface area (Å²) in [7, 11) is 0. The molecule has 0 radical (unpaired) electrons. The third-order valence-corrected chi connectivity index (χ3v) is 8.11. The lowest BCUT2D eigenvalue weighted by molar-refractivity contribution is -0.139. The summed E-state index contributed by atoms with van der Waals surface area (Å²) in [5.74, 6) is 0.289. The first kappa shape index (κ1) is 27.5. The van der Waals surface area contributed by atoms with Gasteiger partial charge in [0.2, 0.25) is 0 Å². The molecule has 0 amide bonds. The van der Waals surface area contributed by atoms with E-state index in [2.05, 4.69) is 4.99 Å². The van der Waals surface area contributed by atoms with Crippen molar-refractivity contribution in [3.8, 4) is 11.5 Å². The zero-order valence-electron chi connectivity index (χ0n) is 22.2. The van der Waals surface area contributed by atoms with Crippen LogP contribution < -0.4 is 24.4 Å². The van der Waals surface area contributed by atoms with Crippen LogP contribution in [0.5, 0.6) is 11.5 Å². The molecule has 1 aliphatic rings. The maximum atomic E-state index is 13.7. The minimum Gasteiger partial charge on any atom is -0.490 e. The van der Waals surface area contributed by atoms with Crippen LogP contribution in [0.4, 0.5) is 4.39 Å². The van der Waals surface area contributed by atoms with E-state index in [0.29, 0.717) is 38.7 Å². The number of ether oxygens (including phenoxy) is 3. The number of carbonyl (C=O) groups excluding carboxylic acids is 1. The molecule has 7 nitrogen and oxygen atoms in total. The van der Waals surface area contributed by atoms with E-state index >= 15 is 0 Å². The molecular formula is C30H27FN2O5S2. The highest BCUT2D eigenvalue weighted by Crippen LogP contribution is 2.33. The van der Waals surface area contributed by atoms with Crippen molar-refractivity contribution in [2.75, 3.05) is 13.2 Å². The summed E-state index contributed by atoms with van der Waals surface area (Å²) in [5.41, 5.74) is 2.23. The molecule has 2 aromatic heterocycles. The average Bonchev–Trinajstić information content (AvgIpc) is 3.57. The second kappa shape index (κ2) is 12.0. The Balaban J connectivity index is 1.52. The van der Waals surface area contributed by atoms with E-state index in [4.69, 9.17) is 14.2 Å². The fraction of sp³-hybridized carbons (Fsp3) is 0.233. The normalized spacial score (nSPS) is 15.0. The van der Waals surface area contributed by atoms with E-state index in [9.17, 15) is 14.0 Å². The first-order chi connectivity index (χ1) is 19.4. The quantitative estimate of drug-likeness (QED) is 0.262. The number of hydrogen-bond acceptors (Lipinski definition) is 8. The van der Waals surface area contributed by atoms with Gasteiger partial charge in [0.15, 0.2) is 16.3 Å². The van der Waals surface area contributed by atoms with Crippen molar-refractivity contribution in [1.29, 1.82) is 0 Å². The van der Waals surface area contributed by atoms with Gasteiger partial charge in [-0.2, -0.15) is 0 Å². The Morgan fingerprint density at radius 2 is 1.88 bits per heavy atom. The minimum absolute atomic E-state index is 0.225. The van der Waals surface area contributed by atoms with Crippen molar-refractivity contribution in [3.63, 3.8) is 0 Å². The van der Waals surface area contributed by atoms with Crippen LogP contribution in [-0.4, -0.2) is 23.8 Å². The number of carbonyl (C=O) groups is 1. The number of rotatable bonds is 9. The molecule has 10 heteroatoms. The molecule has 1 aliphatic heterocycles. The van der Waals surface area contributed by atoms with Gasteiger partial charge in [-0.1, -0.05) is 35.6 Å². The molecule has 0 aliphatic carbocycles. The molecule has 5 rings (SSSR count). The number of aromatic nitrogens is 1. The zero-order valence-corrected chi connectivity index (χ0v) is 23.8. The monoisotopic (exact) mass is 578 g/mol. The molecule has 0 N–H and O–H groups in total. The van der Waals surface area contributed by atoms with Crippen LogP contribution in [0.15, 0.2) is 81.0 Å². The van der Waals surface area contributed by atoms with Crippen molar-refractivity contribution >= 4 is 34.7 Å². The lowest BCUT2D eigenvalue weighted by Crippen LogP contribution is -2.39. The minimum atomic E-state index is -0.612. The van der Waals surface area contributed by atoms with Crippen molar-refractivity contribution in [3.05, 3.63) is 113 Å². The standard InChI is InChI=1S/C30H27FN2O5S2/c1-4-36-23-15-20(10-13-22(23)38-17-19-8-11-21(31)12-9-19)16-25-28(34)33-27(24-7-6-14-39-24)26(29(35)37-5-2)18(3)32-30(33)40-25/h6-16,27H,4-5,17H2,1-3H3/b25-16-/t27-/m1/s1. The van der Waals surface area contributed by atoms with Crippen molar-refractivity contribution in [1.82, 2.24) is 4.57 Å². The smallest absolute Gasteiger partial charge is 0.338 e. The summed E-state index contributed by atoms with van der Waals surface area (Å²) in [5, 5.41) is 1.91. The van der Waals surface area contributed by atoms with Gasteiger partial charge >= 0.3 is 5.97 Å². The number of esters is 1. The largest absolute Gasteiger partial charge is 0.490 e. The van der Waals surface area contributed by atoms with Crippen LogP contribution in [0.3, 0.4) is 0 Å². The summed E-state index contributed by atoms with van der Waals surface area (Å²) < 4.78 is 32.4. The number of thiophene rings is 1. The molecule has 0 unspecified atom stereocenters. The molecule has 40 heavy (non-hydrogen) atoms. The van der Waals surface area contributed by atoms with E-state index in [1.165, 1.54) is 34.8 Å². The van der Waals surface area contributed by atoms with Gasteiger partial charge in [0.05, 0.1) is 29.0 Å². The van der Waals surface area contributed by atoms with E-state index in [1.54, 1.807) is 42.7 Å². The van der Waals surface area contributed by atoms with Gasteiger partial charge < -0.3 is 14.2 Å². The molecular weight excluding hydrogens is 551 g/mol. The van der Waals surface area contributed by atoms with Gasteiger partial charge in [-0.05, 0) is 73.7 Å². The number of halogens is 1. The Hall–Kier alpha value is -4.02. The van der Waals surface area contributed by atoms with Gasteiger partial charge in [-0.15, -0.1) is 11.3 Å². The third-order valence-electron chi connectivity index (χ3n) is 6.20. The summed E-state index contributed by atoms with van der Waals surface area (Å²) >= 11 is 2.74. The van der Waals surface area contributed by atoms with E-state index in [-0.39, 0.29) is 24.6 Å². The van der Waals surface area contributed by atoms with E-state index in [1.807, 2.05) is 36.6 Å². The highest BCUT2D eigenvalue weighted by molar-refractivity contribution is 7.10. The molecule has 0 fully saturated rings. The maximum Gasteiger partial charge on any atom is 0.338 e. The van der Waals surface area contributed by atoms with Crippen LogP contribution in [0.1, 0.15) is 42.8 Å². The van der Waals surface area contributed by atoms with Gasteiger partial charge in [0, 0.05) is 4.88 Å². The molecule has 0 spiro atoms. The van der Waals surface area contributed by atoms with Crippen molar-refractivity contribution in [2.45, 2.75) is 33.4 Å². The Kier molecular flexibility index (Phi) is 8.27. The zero-order chi connectivity index (χ0) is 28.2. The third kappa shape index (κ3) is 5.64. The number of benzene rings is 2. The molecule has 1 atom stereocenters. The Morgan fingerprint density at radius 3 is 2.58 bits per heavy atom. The van der Waals surface area contributed by atoms with E-state index < -0.39 is 12.0 Å². The molecule has 0 saturated heterocycles. The lowest BCUT2D eigenvalue weighted by atomic mass is 10.0. The molecule has 0 bridgehead atoms. The predicted molar refractivity (Wildman–Crippen MR) is 153 cm³/mol. The van der Waals surface area contributed by atoms with Crippen LogP contribution in [0.25, 0.3) is 6.08 Å². The molecule has 206 valence electrons. The highest BCUT2D eigenvalue weighted by atomic mass is 32.1. The van der Waals surface area contributed by atoms with Crippen LogP contribution >= 0.6 is 22.7 Å². The molecule has 3 heterocycles. The van der Waals surface area contributed by atoms with Crippen LogP contribution in [-0.2, 0) is 16.1 Å². The van der Waals surface area contributed by atoms with Gasteiger partial charge in [-0.3, -0.25) is 9.36 Å². The molecule has 4 aromatic rings. The predicted octanol–water partition coefficient (Wildman–Crippen LogP) is 4.98. The van der Waals surface area contributed by atoms with Gasteiger partial charge in [0.1, 0.15) is 18.5 Å². The fourth-order valence-corrected chi connectivity index (χ4v) is 6.27. The fourth-order valence-electron chi connectivity index (χ4n) is 4.40. The molecule has 2 aromatic carbocycles. The lowest BCUT2D eigenvalue weighted by Gasteiger charge is -2.23. The number of thiazole rings is 1. The maximum absolute atomic E-state index is 13.7. The Labute approximate surface area is 238 Å². The van der Waals surface area contributed by atoms with Gasteiger partial charge in [0.25, 0.3) is 5.56 Å². The number of fused-ring (bicyclic) bond motifs is 1. The van der Waals surface area contributed by atoms with Crippen molar-refractivity contribution < 1.29 is 23.4 Å². The number of hydrogen-bond donors (Lipinski definition) is 0. The summed E-state index contributed by atoms with van der Waals surface area (Å²) in [4.78, 5) is 32.7. The summed E-state index contributed by atoms with van der Waals surface area (Å²) in [6, 6.07) is 14.7. The molecule has 0 saturated carbocycles. The average molecular weight is 579 g/mol.